The molecule has 0 aromatic carbocycles. The third-order valence-corrected chi connectivity index (χ3v) is 5.44. The number of esters is 1. The third-order valence-electron chi connectivity index (χ3n) is 5.44. The molecule has 4 rings (SSSR count). The fraction of sp³-hybridized carbons (Fsp3) is 0.929. The summed E-state index contributed by atoms with van der Waals surface area (Å²) in [6.07, 6.45) is 5.55. The van der Waals surface area contributed by atoms with Gasteiger partial charge in [-0.25, -0.2) is 0 Å². The molecule has 1 unspecified atom stereocenters. The van der Waals surface area contributed by atoms with Gasteiger partial charge in [0.2, 0.25) is 0 Å². The second-order valence-corrected chi connectivity index (χ2v) is 6.44. The van der Waals surface area contributed by atoms with Gasteiger partial charge in [0, 0.05) is 6.92 Å². The Labute approximate surface area is 103 Å². The van der Waals surface area contributed by atoms with Crippen molar-refractivity contribution in [3.05, 3.63) is 0 Å². The number of aliphatic hydroxyl groups is 1. The van der Waals surface area contributed by atoms with Crippen molar-refractivity contribution in [3.8, 4) is 0 Å². The van der Waals surface area contributed by atoms with E-state index in [1.165, 1.54) is 13.3 Å². The summed E-state index contributed by atoms with van der Waals surface area (Å²) in [5.41, 5.74) is -0.751. The number of carbonyl (C=O) groups excluding carboxylic acids is 1. The number of hydrogen-bond donors (Lipinski definition) is 1. The topological polar surface area (TPSA) is 46.5 Å². The summed E-state index contributed by atoms with van der Waals surface area (Å²) in [6, 6.07) is 0. The largest absolute Gasteiger partial charge is 0.460 e. The SMILES string of the molecule is CC(=O)OC(C)C1(O)C2CC3CC(C2)CC1C3. The van der Waals surface area contributed by atoms with Gasteiger partial charge in [0.05, 0.1) is 0 Å². The zero-order valence-electron chi connectivity index (χ0n) is 10.7. The van der Waals surface area contributed by atoms with Gasteiger partial charge >= 0.3 is 5.97 Å². The zero-order chi connectivity index (χ0) is 12.2. The molecule has 0 amide bonds. The van der Waals surface area contributed by atoms with Gasteiger partial charge in [-0.15, -0.1) is 0 Å². The van der Waals surface area contributed by atoms with E-state index < -0.39 is 5.60 Å². The van der Waals surface area contributed by atoms with Crippen LogP contribution in [0, 0.1) is 23.7 Å². The van der Waals surface area contributed by atoms with E-state index >= 15 is 0 Å². The average Bonchev–Trinajstić information content (AvgIpc) is 2.23. The summed E-state index contributed by atoms with van der Waals surface area (Å²) in [5.74, 6) is 2.07. The van der Waals surface area contributed by atoms with Crippen LogP contribution in [-0.4, -0.2) is 22.8 Å². The van der Waals surface area contributed by atoms with Crippen LogP contribution in [0.25, 0.3) is 0 Å². The number of rotatable bonds is 2. The molecule has 1 atom stereocenters. The lowest BCUT2D eigenvalue weighted by Crippen LogP contribution is -2.63. The van der Waals surface area contributed by atoms with Crippen LogP contribution in [0.3, 0.4) is 0 Å². The highest BCUT2D eigenvalue weighted by molar-refractivity contribution is 5.66. The predicted octanol–water partition coefficient (Wildman–Crippen LogP) is 2.13. The van der Waals surface area contributed by atoms with Crippen LogP contribution < -0.4 is 0 Å². The molecule has 4 aliphatic rings. The number of ether oxygens (including phenoxy) is 1. The Balaban J connectivity index is 1.84. The normalized spacial score (nSPS) is 49.1. The van der Waals surface area contributed by atoms with E-state index in [4.69, 9.17) is 4.74 Å². The monoisotopic (exact) mass is 238 g/mol. The Hall–Kier alpha value is -0.570. The quantitative estimate of drug-likeness (QED) is 0.750. The van der Waals surface area contributed by atoms with Gasteiger partial charge in [0.1, 0.15) is 11.7 Å². The number of carbonyl (C=O) groups is 1. The summed E-state index contributed by atoms with van der Waals surface area (Å²) in [5, 5.41) is 11.0. The Morgan fingerprint density at radius 2 is 1.65 bits per heavy atom. The molecule has 4 saturated carbocycles. The molecule has 0 saturated heterocycles. The summed E-state index contributed by atoms with van der Waals surface area (Å²) < 4.78 is 5.29. The van der Waals surface area contributed by atoms with Crippen LogP contribution in [0.15, 0.2) is 0 Å². The third kappa shape index (κ3) is 1.62. The highest BCUT2D eigenvalue weighted by Crippen LogP contribution is 2.59. The van der Waals surface area contributed by atoms with Crippen molar-refractivity contribution in [2.45, 2.75) is 57.7 Å². The van der Waals surface area contributed by atoms with E-state index in [2.05, 4.69) is 0 Å². The molecule has 3 nitrogen and oxygen atoms in total. The minimum atomic E-state index is -0.751. The van der Waals surface area contributed by atoms with E-state index in [1.807, 2.05) is 6.92 Å². The molecular weight excluding hydrogens is 216 g/mol. The van der Waals surface area contributed by atoms with Crippen LogP contribution >= 0.6 is 0 Å². The minimum Gasteiger partial charge on any atom is -0.460 e. The van der Waals surface area contributed by atoms with Gasteiger partial charge in [0.25, 0.3) is 0 Å². The molecule has 0 aromatic rings. The van der Waals surface area contributed by atoms with Crippen molar-refractivity contribution >= 4 is 5.97 Å². The van der Waals surface area contributed by atoms with E-state index in [1.54, 1.807) is 0 Å². The molecule has 0 heterocycles. The second kappa shape index (κ2) is 3.71. The Kier molecular flexibility index (Phi) is 2.51. The van der Waals surface area contributed by atoms with Crippen LogP contribution in [0.2, 0.25) is 0 Å². The summed E-state index contributed by atoms with van der Waals surface area (Å²) in [4.78, 5) is 11.1. The van der Waals surface area contributed by atoms with Gasteiger partial charge in [-0.3, -0.25) is 4.79 Å². The summed E-state index contributed by atoms with van der Waals surface area (Å²) in [7, 11) is 0. The molecule has 1 N–H and O–H groups in total. The first-order chi connectivity index (χ1) is 8.00. The van der Waals surface area contributed by atoms with Gasteiger partial charge in [-0.2, -0.15) is 0 Å². The second-order valence-electron chi connectivity index (χ2n) is 6.44. The van der Waals surface area contributed by atoms with Crippen molar-refractivity contribution < 1.29 is 14.6 Å². The molecule has 0 aliphatic heterocycles. The van der Waals surface area contributed by atoms with Crippen LogP contribution in [-0.2, 0) is 9.53 Å². The van der Waals surface area contributed by atoms with Gasteiger partial charge in [-0.1, -0.05) is 0 Å². The predicted molar refractivity (Wildman–Crippen MR) is 63.2 cm³/mol. The van der Waals surface area contributed by atoms with Crippen molar-refractivity contribution in [1.82, 2.24) is 0 Å². The molecule has 17 heavy (non-hydrogen) atoms. The van der Waals surface area contributed by atoms with Crippen LogP contribution in [0.4, 0.5) is 0 Å². The average molecular weight is 238 g/mol. The smallest absolute Gasteiger partial charge is 0.302 e. The lowest BCUT2D eigenvalue weighted by molar-refractivity contribution is -0.226. The number of hydrogen-bond acceptors (Lipinski definition) is 3. The lowest BCUT2D eigenvalue weighted by Gasteiger charge is -2.60. The molecular formula is C14H22O3. The Bertz CT molecular complexity index is 308. The maximum Gasteiger partial charge on any atom is 0.302 e. The van der Waals surface area contributed by atoms with E-state index in [0.717, 1.165) is 37.5 Å². The van der Waals surface area contributed by atoms with Crippen LogP contribution in [0.1, 0.15) is 46.0 Å². The molecule has 4 aliphatic carbocycles. The molecule has 4 bridgehead atoms. The summed E-state index contributed by atoms with van der Waals surface area (Å²) in [6.45, 7) is 3.29. The fourth-order valence-corrected chi connectivity index (χ4v) is 4.95. The standard InChI is InChI=1S/C14H22O3/c1-8(17-9(2)15)14(16)12-4-10-3-11(6-12)7-13(14)5-10/h8,10-13,16H,3-7H2,1-2H3. The Morgan fingerprint density at radius 1 is 1.18 bits per heavy atom. The van der Waals surface area contributed by atoms with Gasteiger partial charge in [-0.05, 0) is 62.7 Å². The lowest BCUT2D eigenvalue weighted by atomic mass is 9.49. The van der Waals surface area contributed by atoms with E-state index in [-0.39, 0.29) is 12.1 Å². The Morgan fingerprint density at radius 3 is 2.06 bits per heavy atom. The van der Waals surface area contributed by atoms with Gasteiger partial charge in [0.15, 0.2) is 0 Å². The van der Waals surface area contributed by atoms with Crippen molar-refractivity contribution in [2.75, 3.05) is 0 Å². The van der Waals surface area contributed by atoms with Crippen molar-refractivity contribution in [1.29, 1.82) is 0 Å². The maximum atomic E-state index is 11.1. The molecule has 4 fully saturated rings. The molecule has 0 spiro atoms. The minimum absolute atomic E-state index is 0.278. The van der Waals surface area contributed by atoms with Crippen molar-refractivity contribution in [2.24, 2.45) is 23.7 Å². The molecule has 96 valence electrons. The first-order valence-electron chi connectivity index (χ1n) is 6.89. The maximum absolute atomic E-state index is 11.1. The first-order valence-corrected chi connectivity index (χ1v) is 6.89. The molecule has 3 heteroatoms. The van der Waals surface area contributed by atoms with E-state index in [9.17, 15) is 9.90 Å². The molecule has 0 radical (unpaired) electrons. The highest BCUT2D eigenvalue weighted by atomic mass is 16.6. The summed E-state index contributed by atoms with van der Waals surface area (Å²) >= 11 is 0. The fourth-order valence-electron chi connectivity index (χ4n) is 4.95. The van der Waals surface area contributed by atoms with Crippen LogP contribution in [0.5, 0.6) is 0 Å². The highest BCUT2D eigenvalue weighted by Gasteiger charge is 2.59. The van der Waals surface area contributed by atoms with E-state index in [0.29, 0.717) is 11.8 Å². The first kappa shape index (κ1) is 11.5. The molecule has 0 aromatic heterocycles. The zero-order valence-corrected chi connectivity index (χ0v) is 10.7. The van der Waals surface area contributed by atoms with Crippen molar-refractivity contribution in [3.63, 3.8) is 0 Å². The van der Waals surface area contributed by atoms with Gasteiger partial charge < -0.3 is 9.84 Å².